The van der Waals surface area contributed by atoms with E-state index in [4.69, 9.17) is 0 Å². The van der Waals surface area contributed by atoms with Crippen molar-refractivity contribution in [2.45, 2.75) is 32.2 Å². The van der Waals surface area contributed by atoms with Crippen molar-refractivity contribution >= 4 is 27.3 Å². The Hall–Kier alpha value is -0.640. The SMILES string of the molecule is CNC(CCc1ccc(C)cc1)Cc1ccc(Br)s1. The molecule has 2 aromatic rings. The van der Waals surface area contributed by atoms with Crippen molar-refractivity contribution in [2.24, 2.45) is 0 Å². The second kappa shape index (κ2) is 7.22. The Morgan fingerprint density at radius 1 is 1.16 bits per heavy atom. The number of aryl methyl sites for hydroxylation is 2. The van der Waals surface area contributed by atoms with Crippen molar-refractivity contribution in [3.63, 3.8) is 0 Å². The van der Waals surface area contributed by atoms with Gasteiger partial charge in [0.15, 0.2) is 0 Å². The first-order valence-corrected chi connectivity index (χ1v) is 8.25. The summed E-state index contributed by atoms with van der Waals surface area (Å²) in [6.45, 7) is 2.13. The van der Waals surface area contributed by atoms with E-state index in [0.29, 0.717) is 6.04 Å². The number of benzene rings is 1. The van der Waals surface area contributed by atoms with E-state index < -0.39 is 0 Å². The first kappa shape index (κ1) is 14.8. The summed E-state index contributed by atoms with van der Waals surface area (Å²) in [6, 6.07) is 13.8. The summed E-state index contributed by atoms with van der Waals surface area (Å²) in [5, 5.41) is 3.43. The molecule has 1 nitrogen and oxygen atoms in total. The van der Waals surface area contributed by atoms with Gasteiger partial charge < -0.3 is 5.32 Å². The summed E-state index contributed by atoms with van der Waals surface area (Å²) in [5.74, 6) is 0. The largest absolute Gasteiger partial charge is 0.317 e. The first-order valence-electron chi connectivity index (χ1n) is 6.64. The predicted octanol–water partition coefficient (Wildman–Crippen LogP) is 4.58. The minimum atomic E-state index is 0.548. The third-order valence-electron chi connectivity index (χ3n) is 3.39. The highest BCUT2D eigenvalue weighted by atomic mass is 79.9. The predicted molar refractivity (Wildman–Crippen MR) is 88.1 cm³/mol. The molecular formula is C16H20BrNS. The molecular weight excluding hydrogens is 318 g/mol. The fraction of sp³-hybridized carbons (Fsp3) is 0.375. The van der Waals surface area contributed by atoms with Crippen LogP contribution in [0.2, 0.25) is 0 Å². The lowest BCUT2D eigenvalue weighted by atomic mass is 10.0. The second-order valence-corrected chi connectivity index (χ2v) is 7.47. The lowest BCUT2D eigenvalue weighted by molar-refractivity contribution is 0.523. The number of halogens is 1. The molecule has 2 rings (SSSR count). The van der Waals surface area contributed by atoms with Crippen molar-refractivity contribution in [1.82, 2.24) is 5.32 Å². The smallest absolute Gasteiger partial charge is 0.0701 e. The second-order valence-electron chi connectivity index (χ2n) is 4.92. The number of thiophene rings is 1. The maximum atomic E-state index is 3.52. The van der Waals surface area contributed by atoms with Gasteiger partial charge in [-0.1, -0.05) is 29.8 Å². The van der Waals surface area contributed by atoms with E-state index in [1.165, 1.54) is 26.2 Å². The van der Waals surface area contributed by atoms with Crippen LogP contribution in [-0.4, -0.2) is 13.1 Å². The summed E-state index contributed by atoms with van der Waals surface area (Å²) in [5.41, 5.74) is 2.76. The highest BCUT2D eigenvalue weighted by Gasteiger charge is 2.09. The molecule has 0 aliphatic carbocycles. The molecule has 0 aliphatic rings. The topological polar surface area (TPSA) is 12.0 Å². The highest BCUT2D eigenvalue weighted by molar-refractivity contribution is 9.11. The van der Waals surface area contributed by atoms with Gasteiger partial charge in [-0.2, -0.15) is 0 Å². The van der Waals surface area contributed by atoms with Gasteiger partial charge in [-0.25, -0.2) is 0 Å². The van der Waals surface area contributed by atoms with Crippen LogP contribution in [-0.2, 0) is 12.8 Å². The van der Waals surface area contributed by atoms with E-state index in [0.717, 1.165) is 12.8 Å². The van der Waals surface area contributed by atoms with Gasteiger partial charge >= 0.3 is 0 Å². The number of rotatable bonds is 6. The number of likely N-dealkylation sites (N-methyl/N-ethyl adjacent to an activating group) is 1. The Labute approximate surface area is 128 Å². The van der Waals surface area contributed by atoms with Crippen molar-refractivity contribution < 1.29 is 0 Å². The molecule has 0 saturated carbocycles. The Morgan fingerprint density at radius 3 is 2.47 bits per heavy atom. The van der Waals surface area contributed by atoms with Crippen LogP contribution in [0.25, 0.3) is 0 Å². The quantitative estimate of drug-likeness (QED) is 0.813. The average molecular weight is 338 g/mol. The molecule has 1 atom stereocenters. The zero-order chi connectivity index (χ0) is 13.7. The minimum Gasteiger partial charge on any atom is -0.317 e. The zero-order valence-electron chi connectivity index (χ0n) is 11.4. The molecule has 19 heavy (non-hydrogen) atoms. The number of hydrogen-bond donors (Lipinski definition) is 1. The standard InChI is InChI=1S/C16H20BrNS/c1-12-3-5-13(6-4-12)7-8-14(18-2)11-15-9-10-16(17)19-15/h3-6,9-10,14,18H,7-8,11H2,1-2H3. The fourth-order valence-electron chi connectivity index (χ4n) is 2.15. The summed E-state index contributed by atoms with van der Waals surface area (Å²) < 4.78 is 1.22. The Bertz CT molecular complexity index is 504. The van der Waals surface area contributed by atoms with Crippen LogP contribution >= 0.6 is 27.3 Å². The average Bonchev–Trinajstić information content (AvgIpc) is 2.82. The van der Waals surface area contributed by atoms with Crippen LogP contribution in [0.3, 0.4) is 0 Å². The van der Waals surface area contributed by atoms with Gasteiger partial charge in [-0.3, -0.25) is 0 Å². The molecule has 1 N–H and O–H groups in total. The van der Waals surface area contributed by atoms with E-state index in [1.54, 1.807) is 0 Å². The molecule has 0 saturated heterocycles. The molecule has 0 fully saturated rings. The van der Waals surface area contributed by atoms with Crippen molar-refractivity contribution in [1.29, 1.82) is 0 Å². The molecule has 0 aliphatic heterocycles. The monoisotopic (exact) mass is 337 g/mol. The number of nitrogens with one attached hydrogen (secondary N) is 1. The zero-order valence-corrected chi connectivity index (χ0v) is 13.9. The maximum absolute atomic E-state index is 3.52. The van der Waals surface area contributed by atoms with E-state index in [2.05, 4.69) is 71.6 Å². The molecule has 0 amide bonds. The first-order chi connectivity index (χ1) is 9.17. The summed E-state index contributed by atoms with van der Waals surface area (Å²) in [7, 11) is 2.06. The van der Waals surface area contributed by atoms with E-state index in [-0.39, 0.29) is 0 Å². The van der Waals surface area contributed by atoms with Crippen molar-refractivity contribution in [3.05, 3.63) is 56.2 Å². The summed E-state index contributed by atoms with van der Waals surface area (Å²) >= 11 is 5.36. The van der Waals surface area contributed by atoms with Gasteiger partial charge in [0.05, 0.1) is 3.79 Å². The van der Waals surface area contributed by atoms with Gasteiger partial charge in [0.2, 0.25) is 0 Å². The minimum absolute atomic E-state index is 0.548. The molecule has 0 radical (unpaired) electrons. The maximum Gasteiger partial charge on any atom is 0.0701 e. The summed E-state index contributed by atoms with van der Waals surface area (Å²) in [6.07, 6.45) is 3.42. The van der Waals surface area contributed by atoms with Gasteiger partial charge in [0.25, 0.3) is 0 Å². The van der Waals surface area contributed by atoms with Gasteiger partial charge in [0.1, 0.15) is 0 Å². The van der Waals surface area contributed by atoms with Gasteiger partial charge in [-0.05, 0) is 66.9 Å². The third kappa shape index (κ3) is 4.75. The lowest BCUT2D eigenvalue weighted by Crippen LogP contribution is -2.27. The molecule has 102 valence electrons. The Morgan fingerprint density at radius 2 is 1.89 bits per heavy atom. The van der Waals surface area contributed by atoms with Crippen LogP contribution in [0.15, 0.2) is 40.2 Å². The Balaban J connectivity index is 1.87. The van der Waals surface area contributed by atoms with Crippen LogP contribution in [0.1, 0.15) is 22.4 Å². The van der Waals surface area contributed by atoms with Crippen molar-refractivity contribution in [3.8, 4) is 0 Å². The van der Waals surface area contributed by atoms with E-state index in [1.807, 2.05) is 11.3 Å². The molecule has 1 aromatic carbocycles. The fourth-order valence-corrected chi connectivity index (χ4v) is 3.71. The Kier molecular flexibility index (Phi) is 5.61. The van der Waals surface area contributed by atoms with Crippen LogP contribution < -0.4 is 5.32 Å². The van der Waals surface area contributed by atoms with Gasteiger partial charge in [0, 0.05) is 10.9 Å². The molecule has 1 aromatic heterocycles. The molecule has 0 spiro atoms. The normalized spacial score (nSPS) is 12.6. The van der Waals surface area contributed by atoms with Crippen molar-refractivity contribution in [2.75, 3.05) is 7.05 Å². The highest BCUT2D eigenvalue weighted by Crippen LogP contribution is 2.23. The molecule has 0 bridgehead atoms. The molecule has 1 unspecified atom stereocenters. The van der Waals surface area contributed by atoms with Crippen LogP contribution in [0, 0.1) is 6.92 Å². The van der Waals surface area contributed by atoms with Crippen LogP contribution in [0.5, 0.6) is 0 Å². The molecule has 3 heteroatoms. The van der Waals surface area contributed by atoms with E-state index >= 15 is 0 Å². The number of hydrogen-bond acceptors (Lipinski definition) is 2. The lowest BCUT2D eigenvalue weighted by Gasteiger charge is -2.15. The van der Waals surface area contributed by atoms with Gasteiger partial charge in [-0.15, -0.1) is 11.3 Å². The van der Waals surface area contributed by atoms with E-state index in [9.17, 15) is 0 Å². The molecule has 1 heterocycles. The third-order valence-corrected chi connectivity index (χ3v) is 5.03. The van der Waals surface area contributed by atoms with Crippen LogP contribution in [0.4, 0.5) is 0 Å². The summed E-state index contributed by atoms with van der Waals surface area (Å²) in [4.78, 5) is 1.44.